The molecule has 2 rings (SSSR count). The predicted molar refractivity (Wildman–Crippen MR) is 89.9 cm³/mol. The predicted octanol–water partition coefficient (Wildman–Crippen LogP) is 4.17. The van der Waals surface area contributed by atoms with Crippen LogP contribution in [-0.4, -0.2) is 25.3 Å². The molecule has 2 nitrogen and oxygen atoms in total. The van der Waals surface area contributed by atoms with Crippen LogP contribution in [0, 0.1) is 13.8 Å². The topological polar surface area (TPSA) is 21.3 Å². The number of nitrogens with one attached hydrogen (secondary N) is 1. The van der Waals surface area contributed by atoms with Crippen molar-refractivity contribution in [2.75, 3.05) is 13.7 Å². The lowest BCUT2D eigenvalue weighted by Crippen LogP contribution is -2.47. The summed E-state index contributed by atoms with van der Waals surface area (Å²) < 4.78 is 5.84. The average Bonchev–Trinajstić information content (AvgIpc) is 2.43. The molecule has 1 aliphatic rings. The van der Waals surface area contributed by atoms with Gasteiger partial charge in [-0.15, -0.1) is 0 Å². The summed E-state index contributed by atoms with van der Waals surface area (Å²) in [5.74, 6) is 0. The second-order valence-corrected chi connectivity index (χ2v) is 6.67. The van der Waals surface area contributed by atoms with Crippen molar-refractivity contribution in [2.24, 2.45) is 0 Å². The first-order valence-electron chi connectivity index (χ1n) is 8.44. The second-order valence-electron chi connectivity index (χ2n) is 6.67. The van der Waals surface area contributed by atoms with Crippen molar-refractivity contribution in [3.05, 3.63) is 34.9 Å². The van der Waals surface area contributed by atoms with Crippen molar-refractivity contribution in [1.82, 2.24) is 5.32 Å². The van der Waals surface area contributed by atoms with E-state index >= 15 is 0 Å². The van der Waals surface area contributed by atoms with E-state index in [1.807, 2.05) is 7.11 Å². The maximum atomic E-state index is 5.84. The maximum Gasteiger partial charge on any atom is 0.0693 e. The molecule has 118 valence electrons. The Morgan fingerprint density at radius 2 is 1.90 bits per heavy atom. The molecule has 0 amide bonds. The molecular weight excluding hydrogens is 258 g/mol. The van der Waals surface area contributed by atoms with Crippen LogP contribution in [0.1, 0.15) is 55.7 Å². The van der Waals surface area contributed by atoms with Crippen molar-refractivity contribution in [3.63, 3.8) is 0 Å². The van der Waals surface area contributed by atoms with E-state index in [4.69, 9.17) is 4.74 Å². The number of ether oxygens (including phenoxy) is 1. The molecule has 1 N–H and O–H groups in total. The van der Waals surface area contributed by atoms with E-state index in [9.17, 15) is 0 Å². The van der Waals surface area contributed by atoms with Crippen LogP contribution < -0.4 is 5.32 Å². The van der Waals surface area contributed by atoms with Crippen LogP contribution in [0.2, 0.25) is 0 Å². The lowest BCUT2D eigenvalue weighted by Gasteiger charge is -2.43. The first-order valence-corrected chi connectivity index (χ1v) is 8.44. The Morgan fingerprint density at radius 3 is 2.38 bits per heavy atom. The molecule has 0 aromatic heterocycles. The van der Waals surface area contributed by atoms with E-state index in [0.717, 1.165) is 19.4 Å². The Kier molecular flexibility index (Phi) is 5.83. The molecule has 2 heteroatoms. The second kappa shape index (κ2) is 7.42. The van der Waals surface area contributed by atoms with Crippen molar-refractivity contribution in [2.45, 2.75) is 70.9 Å². The monoisotopic (exact) mass is 289 g/mol. The summed E-state index contributed by atoms with van der Waals surface area (Å²) >= 11 is 0. The molecule has 1 aliphatic carbocycles. The zero-order valence-electron chi connectivity index (χ0n) is 14.2. The number of hydrogen-bond acceptors (Lipinski definition) is 2. The first kappa shape index (κ1) is 16.5. The summed E-state index contributed by atoms with van der Waals surface area (Å²) in [6.07, 6.45) is 7.20. The van der Waals surface area contributed by atoms with Crippen LogP contribution in [-0.2, 0) is 11.2 Å². The average molecular weight is 289 g/mol. The van der Waals surface area contributed by atoms with Gasteiger partial charge in [-0.05, 0) is 75.6 Å². The van der Waals surface area contributed by atoms with E-state index < -0.39 is 0 Å². The summed E-state index contributed by atoms with van der Waals surface area (Å²) in [7, 11) is 1.88. The molecule has 0 radical (unpaired) electrons. The molecule has 1 unspecified atom stereocenters. The Hall–Kier alpha value is -0.860. The largest absolute Gasteiger partial charge is 0.378 e. The molecule has 1 atom stereocenters. The number of hydrogen-bond donors (Lipinski definition) is 1. The molecule has 0 heterocycles. The van der Waals surface area contributed by atoms with E-state index in [2.05, 4.69) is 44.3 Å². The highest BCUT2D eigenvalue weighted by atomic mass is 16.5. The van der Waals surface area contributed by atoms with Crippen LogP contribution >= 0.6 is 0 Å². The molecule has 1 fully saturated rings. The van der Waals surface area contributed by atoms with Crippen LogP contribution in [0.3, 0.4) is 0 Å². The molecule has 1 saturated carbocycles. The Morgan fingerprint density at radius 1 is 1.24 bits per heavy atom. The van der Waals surface area contributed by atoms with Gasteiger partial charge in [0.1, 0.15) is 0 Å². The molecular formula is C19H31NO. The highest BCUT2D eigenvalue weighted by molar-refractivity contribution is 5.34. The van der Waals surface area contributed by atoms with Crippen LogP contribution in [0.15, 0.2) is 18.2 Å². The number of aryl methyl sites for hydroxylation is 2. The summed E-state index contributed by atoms with van der Waals surface area (Å²) in [5.41, 5.74) is 4.48. The zero-order chi connectivity index (χ0) is 15.3. The van der Waals surface area contributed by atoms with Crippen LogP contribution in [0.25, 0.3) is 0 Å². The van der Waals surface area contributed by atoms with Gasteiger partial charge in [0.2, 0.25) is 0 Å². The fraction of sp³-hybridized carbons (Fsp3) is 0.684. The summed E-state index contributed by atoms with van der Waals surface area (Å²) in [4.78, 5) is 0. The summed E-state index contributed by atoms with van der Waals surface area (Å²) in [6, 6.07) is 7.14. The van der Waals surface area contributed by atoms with Crippen molar-refractivity contribution in [1.29, 1.82) is 0 Å². The molecule has 0 bridgehead atoms. The van der Waals surface area contributed by atoms with E-state index in [1.54, 1.807) is 0 Å². The third-order valence-corrected chi connectivity index (χ3v) is 5.09. The number of methoxy groups -OCH3 is 1. The van der Waals surface area contributed by atoms with Gasteiger partial charge in [0, 0.05) is 13.2 Å². The molecule has 0 saturated heterocycles. The van der Waals surface area contributed by atoms with E-state index in [1.165, 1.54) is 42.4 Å². The Bertz CT molecular complexity index is 425. The van der Waals surface area contributed by atoms with Crippen LogP contribution in [0.4, 0.5) is 0 Å². The first-order chi connectivity index (χ1) is 10.1. The van der Waals surface area contributed by atoms with Crippen molar-refractivity contribution < 1.29 is 4.74 Å². The van der Waals surface area contributed by atoms with Gasteiger partial charge < -0.3 is 10.1 Å². The van der Waals surface area contributed by atoms with Crippen molar-refractivity contribution >= 4 is 0 Å². The fourth-order valence-electron chi connectivity index (χ4n) is 3.49. The molecule has 0 spiro atoms. The van der Waals surface area contributed by atoms with Gasteiger partial charge in [0.25, 0.3) is 0 Å². The highest BCUT2D eigenvalue weighted by Crippen LogP contribution is 2.39. The summed E-state index contributed by atoms with van der Waals surface area (Å²) in [6.45, 7) is 7.79. The standard InChI is InChI=1S/C19H31NO/c1-5-12-20-17(14-19(21-4)10-7-11-19)13-18-15(2)8-6-9-16(18)3/h6,8-9,17,20H,5,7,10-14H2,1-4H3. The quantitative estimate of drug-likeness (QED) is 0.775. The van der Waals surface area contributed by atoms with Gasteiger partial charge in [-0.25, -0.2) is 0 Å². The van der Waals surface area contributed by atoms with Gasteiger partial charge in [-0.1, -0.05) is 25.1 Å². The van der Waals surface area contributed by atoms with Crippen LogP contribution in [0.5, 0.6) is 0 Å². The fourth-order valence-corrected chi connectivity index (χ4v) is 3.49. The molecule has 1 aromatic rings. The minimum Gasteiger partial charge on any atom is -0.378 e. The van der Waals surface area contributed by atoms with Gasteiger partial charge in [0.05, 0.1) is 5.60 Å². The van der Waals surface area contributed by atoms with Crippen molar-refractivity contribution in [3.8, 4) is 0 Å². The minimum atomic E-state index is 0.141. The minimum absolute atomic E-state index is 0.141. The van der Waals surface area contributed by atoms with Gasteiger partial charge >= 0.3 is 0 Å². The Balaban J connectivity index is 2.08. The highest BCUT2D eigenvalue weighted by Gasteiger charge is 2.38. The van der Waals surface area contributed by atoms with Gasteiger partial charge in [-0.2, -0.15) is 0 Å². The molecule has 21 heavy (non-hydrogen) atoms. The van der Waals surface area contributed by atoms with Gasteiger partial charge in [-0.3, -0.25) is 0 Å². The lowest BCUT2D eigenvalue weighted by atomic mass is 9.74. The van der Waals surface area contributed by atoms with Gasteiger partial charge in [0.15, 0.2) is 0 Å². The van der Waals surface area contributed by atoms with E-state index in [-0.39, 0.29) is 5.60 Å². The maximum absolute atomic E-state index is 5.84. The molecule has 0 aliphatic heterocycles. The summed E-state index contributed by atoms with van der Waals surface area (Å²) in [5, 5.41) is 3.75. The third kappa shape index (κ3) is 4.08. The lowest BCUT2D eigenvalue weighted by molar-refractivity contribution is -0.0834. The Labute approximate surface area is 130 Å². The number of rotatable bonds is 8. The third-order valence-electron chi connectivity index (χ3n) is 5.09. The molecule has 1 aromatic carbocycles. The SMILES string of the molecule is CCCNC(Cc1c(C)cccc1C)CC1(OC)CCC1. The zero-order valence-corrected chi connectivity index (χ0v) is 14.2. The smallest absolute Gasteiger partial charge is 0.0693 e. The number of benzene rings is 1. The normalized spacial score (nSPS) is 18.3. The van der Waals surface area contributed by atoms with E-state index in [0.29, 0.717) is 6.04 Å².